The quantitative estimate of drug-likeness (QED) is 0.724. The third-order valence-electron chi connectivity index (χ3n) is 3.35. The number of amidine groups is 1. The lowest BCUT2D eigenvalue weighted by molar-refractivity contribution is 0.579. The van der Waals surface area contributed by atoms with E-state index < -0.39 is 11.6 Å². The Balaban J connectivity index is 1.98. The average molecular weight is 297 g/mol. The van der Waals surface area contributed by atoms with Gasteiger partial charge in [-0.15, -0.1) is 0 Å². The first-order chi connectivity index (χ1) is 10.7. The molecule has 2 N–H and O–H groups in total. The summed E-state index contributed by atoms with van der Waals surface area (Å²) in [6.07, 6.45) is 3.11. The number of hydrogen-bond acceptors (Lipinski definition) is 4. The van der Waals surface area contributed by atoms with Gasteiger partial charge < -0.3 is 5.32 Å². The van der Waals surface area contributed by atoms with Gasteiger partial charge in [-0.25, -0.2) is 13.8 Å². The predicted octanol–water partition coefficient (Wildman–Crippen LogP) is 3.25. The molecule has 0 fully saturated rings. The molecule has 0 atom stereocenters. The number of pyridine rings is 1. The van der Waals surface area contributed by atoms with Crippen LogP contribution in [0.2, 0.25) is 0 Å². The molecule has 4 rings (SSSR count). The first kappa shape index (κ1) is 12.6. The molecule has 5 nitrogen and oxygen atoms in total. The molecular formula is C15H9F2N5. The van der Waals surface area contributed by atoms with E-state index in [1.807, 2.05) is 0 Å². The number of hydrogen-bond donors (Lipinski definition) is 2. The van der Waals surface area contributed by atoms with Gasteiger partial charge >= 0.3 is 0 Å². The number of benzene rings is 1. The van der Waals surface area contributed by atoms with E-state index in [1.165, 1.54) is 24.4 Å². The minimum absolute atomic E-state index is 0.0741. The monoisotopic (exact) mass is 297 g/mol. The number of nitrogens with zero attached hydrogens (tertiary/aromatic N) is 3. The Bertz CT molecular complexity index is 880. The van der Waals surface area contributed by atoms with Crippen LogP contribution in [0.3, 0.4) is 0 Å². The maximum atomic E-state index is 14.0. The van der Waals surface area contributed by atoms with Crippen molar-refractivity contribution in [3.8, 4) is 11.4 Å². The Morgan fingerprint density at radius 2 is 1.82 bits per heavy atom. The highest BCUT2D eigenvalue weighted by atomic mass is 19.1. The van der Waals surface area contributed by atoms with E-state index in [4.69, 9.17) is 0 Å². The Morgan fingerprint density at radius 3 is 2.64 bits per heavy atom. The minimum Gasteiger partial charge on any atom is -0.338 e. The second-order valence-electron chi connectivity index (χ2n) is 4.71. The van der Waals surface area contributed by atoms with Crippen LogP contribution >= 0.6 is 0 Å². The summed E-state index contributed by atoms with van der Waals surface area (Å²) in [6.45, 7) is 0. The lowest BCUT2D eigenvalue weighted by Crippen LogP contribution is -2.17. The van der Waals surface area contributed by atoms with Gasteiger partial charge in [-0.2, -0.15) is 5.10 Å². The molecule has 0 amide bonds. The van der Waals surface area contributed by atoms with Crippen molar-refractivity contribution in [2.24, 2.45) is 4.99 Å². The van der Waals surface area contributed by atoms with E-state index in [9.17, 15) is 8.78 Å². The molecule has 0 saturated carbocycles. The highest BCUT2D eigenvalue weighted by Crippen LogP contribution is 2.35. The maximum Gasteiger partial charge on any atom is 0.144 e. The van der Waals surface area contributed by atoms with Crippen molar-refractivity contribution in [3.63, 3.8) is 0 Å². The number of fused-ring (bicyclic) bond motifs is 3. The minimum atomic E-state index is -0.691. The van der Waals surface area contributed by atoms with E-state index in [-0.39, 0.29) is 11.4 Å². The predicted molar refractivity (Wildman–Crippen MR) is 78.0 cm³/mol. The van der Waals surface area contributed by atoms with Crippen molar-refractivity contribution in [2.75, 3.05) is 5.32 Å². The van der Waals surface area contributed by atoms with Crippen molar-refractivity contribution in [1.29, 1.82) is 0 Å². The fourth-order valence-electron chi connectivity index (χ4n) is 2.36. The largest absolute Gasteiger partial charge is 0.338 e. The molecule has 108 valence electrons. The number of aromatic amines is 1. The molecule has 0 radical (unpaired) electrons. The van der Waals surface area contributed by atoms with Crippen molar-refractivity contribution in [2.45, 2.75) is 0 Å². The van der Waals surface area contributed by atoms with Gasteiger partial charge in [0.2, 0.25) is 0 Å². The molecular weight excluding hydrogens is 288 g/mol. The zero-order valence-electron chi connectivity index (χ0n) is 11.1. The average Bonchev–Trinajstić information content (AvgIpc) is 2.90. The molecule has 7 heteroatoms. The van der Waals surface area contributed by atoms with E-state index in [0.29, 0.717) is 22.8 Å². The smallest absolute Gasteiger partial charge is 0.144 e. The van der Waals surface area contributed by atoms with Gasteiger partial charge in [0.05, 0.1) is 17.4 Å². The van der Waals surface area contributed by atoms with Crippen molar-refractivity contribution < 1.29 is 8.78 Å². The number of nitrogens with one attached hydrogen (secondary N) is 2. The molecule has 0 bridgehead atoms. The summed E-state index contributed by atoms with van der Waals surface area (Å²) >= 11 is 0. The van der Waals surface area contributed by atoms with Gasteiger partial charge in [-0.1, -0.05) is 6.07 Å². The molecule has 0 unspecified atom stereocenters. The zero-order chi connectivity index (χ0) is 15.1. The second kappa shape index (κ2) is 4.73. The highest BCUT2D eigenvalue weighted by Gasteiger charge is 2.23. The summed E-state index contributed by atoms with van der Waals surface area (Å²) in [5.41, 5.74) is 2.02. The first-order valence-electron chi connectivity index (χ1n) is 6.53. The fourth-order valence-corrected chi connectivity index (χ4v) is 2.36. The number of anilines is 1. The van der Waals surface area contributed by atoms with Crippen LogP contribution in [0.5, 0.6) is 0 Å². The lowest BCUT2D eigenvalue weighted by Gasteiger charge is -2.11. The highest BCUT2D eigenvalue weighted by molar-refractivity contribution is 6.12. The number of aromatic nitrogens is 3. The number of rotatable bonds is 1. The number of halogens is 2. The normalized spacial score (nSPS) is 12.7. The Hall–Kier alpha value is -3.09. The van der Waals surface area contributed by atoms with Gasteiger partial charge in [0.25, 0.3) is 0 Å². The molecule has 1 aliphatic rings. The van der Waals surface area contributed by atoms with Crippen LogP contribution < -0.4 is 5.32 Å². The summed E-state index contributed by atoms with van der Waals surface area (Å²) in [4.78, 5) is 8.57. The van der Waals surface area contributed by atoms with Gasteiger partial charge in [0, 0.05) is 6.20 Å². The summed E-state index contributed by atoms with van der Waals surface area (Å²) in [5, 5.41) is 9.69. The van der Waals surface area contributed by atoms with Crippen LogP contribution in [0, 0.1) is 11.6 Å². The first-order valence-corrected chi connectivity index (χ1v) is 6.53. The SMILES string of the molecule is Fc1cccc(F)c1C1=Nc2cn[nH]c2-c2ncccc2N1. The third kappa shape index (κ3) is 1.86. The van der Waals surface area contributed by atoms with Crippen LogP contribution in [-0.2, 0) is 0 Å². The van der Waals surface area contributed by atoms with E-state index in [2.05, 4.69) is 25.5 Å². The molecule has 0 aliphatic carbocycles. The summed E-state index contributed by atoms with van der Waals surface area (Å²) in [6, 6.07) is 7.17. The Morgan fingerprint density at radius 1 is 1.00 bits per heavy atom. The lowest BCUT2D eigenvalue weighted by atomic mass is 10.1. The van der Waals surface area contributed by atoms with Gasteiger partial charge in [0.1, 0.15) is 34.5 Å². The van der Waals surface area contributed by atoms with Crippen LogP contribution in [0.1, 0.15) is 5.56 Å². The van der Waals surface area contributed by atoms with Crippen molar-refractivity contribution in [1.82, 2.24) is 15.2 Å². The molecule has 1 aliphatic heterocycles. The molecule has 2 aromatic heterocycles. The standard InChI is InChI=1S/C15H9F2N5/c16-8-3-1-4-9(17)12(8)15-20-10-5-2-6-18-13(10)14-11(21-15)7-19-22-14/h1-7H,(H,19,22)(H,20,21). The molecule has 0 saturated heterocycles. The summed E-state index contributed by atoms with van der Waals surface area (Å²) in [5.74, 6) is -1.31. The van der Waals surface area contributed by atoms with Crippen LogP contribution in [0.15, 0.2) is 47.7 Å². The topological polar surface area (TPSA) is 66.0 Å². The van der Waals surface area contributed by atoms with Gasteiger partial charge in [-0.3, -0.25) is 10.1 Å². The van der Waals surface area contributed by atoms with Crippen molar-refractivity contribution >= 4 is 17.2 Å². The van der Waals surface area contributed by atoms with Crippen LogP contribution in [0.4, 0.5) is 20.2 Å². The third-order valence-corrected chi connectivity index (χ3v) is 3.35. The Kier molecular flexibility index (Phi) is 2.72. The molecule has 3 aromatic rings. The maximum absolute atomic E-state index is 14.0. The van der Waals surface area contributed by atoms with Gasteiger partial charge in [-0.05, 0) is 24.3 Å². The molecule has 22 heavy (non-hydrogen) atoms. The summed E-state index contributed by atoms with van der Waals surface area (Å²) < 4.78 is 28.1. The van der Waals surface area contributed by atoms with Crippen molar-refractivity contribution in [3.05, 3.63) is 59.9 Å². The molecule has 0 spiro atoms. The van der Waals surface area contributed by atoms with E-state index in [1.54, 1.807) is 18.3 Å². The fraction of sp³-hybridized carbons (Fsp3) is 0. The molecule has 1 aromatic carbocycles. The van der Waals surface area contributed by atoms with Crippen LogP contribution in [0.25, 0.3) is 11.4 Å². The number of H-pyrrole nitrogens is 1. The Labute approximate surface area is 123 Å². The summed E-state index contributed by atoms with van der Waals surface area (Å²) in [7, 11) is 0. The van der Waals surface area contributed by atoms with E-state index in [0.717, 1.165) is 0 Å². The van der Waals surface area contributed by atoms with Crippen LogP contribution in [-0.4, -0.2) is 21.0 Å². The second-order valence-corrected chi connectivity index (χ2v) is 4.71. The zero-order valence-corrected chi connectivity index (χ0v) is 11.1. The molecule has 3 heterocycles. The van der Waals surface area contributed by atoms with E-state index >= 15 is 0 Å². The van der Waals surface area contributed by atoms with Gasteiger partial charge in [0.15, 0.2) is 0 Å². The number of aliphatic imine (C=N–C) groups is 1.